The lowest BCUT2D eigenvalue weighted by molar-refractivity contribution is -0.137. The summed E-state index contributed by atoms with van der Waals surface area (Å²) in [5, 5.41) is 32.4. The van der Waals surface area contributed by atoms with E-state index in [-0.39, 0.29) is 24.3 Å². The maximum atomic E-state index is 12.2. The third-order valence-corrected chi connectivity index (χ3v) is 9.27. The smallest absolute Gasteiger partial charge is 0.304 e. The molecule has 0 spiro atoms. The molecule has 2 N–H and O–H groups in total. The predicted molar refractivity (Wildman–Crippen MR) is 159 cm³/mol. The minimum absolute atomic E-state index is 0.0361. The summed E-state index contributed by atoms with van der Waals surface area (Å²) in [5.74, 6) is -0.522. The Morgan fingerprint density at radius 3 is 2.88 bits per heavy atom. The van der Waals surface area contributed by atoms with Crippen molar-refractivity contribution in [1.29, 1.82) is 0 Å². The molecule has 2 aromatic carbocycles. The van der Waals surface area contributed by atoms with Gasteiger partial charge in [-0.3, -0.25) is 14.7 Å². The molecule has 0 bridgehead atoms. The zero-order valence-corrected chi connectivity index (χ0v) is 24.4. The van der Waals surface area contributed by atoms with Crippen LogP contribution in [-0.4, -0.2) is 53.7 Å². The second-order valence-electron chi connectivity index (χ2n) is 10.8. The molecule has 1 aliphatic rings. The highest BCUT2D eigenvalue weighted by Crippen LogP contribution is 2.41. The molecule has 41 heavy (non-hydrogen) atoms. The van der Waals surface area contributed by atoms with Crippen molar-refractivity contribution in [2.45, 2.75) is 58.2 Å². The van der Waals surface area contributed by atoms with Crippen LogP contribution in [0.2, 0.25) is 0 Å². The standard InChI is InChI=1S/C31H33N5O4S/c1-5-22-16-36(18(3)29-26(40-22)7-6-9-32-29)15-21-12-20(11-19-8-10-41-31(19)21)24(14-27(38)39)23-13-25(37)30-28(17(23)2)33-34-35(30)4/h6-13,18,22,24,37H,5,14-16H2,1-4H3,(H,38,39)/t18-,22+,24-/m0/s1. The normalized spacial score (nSPS) is 18.2. The molecule has 3 aromatic heterocycles. The van der Waals surface area contributed by atoms with Crippen LogP contribution in [-0.2, 0) is 18.4 Å². The van der Waals surface area contributed by atoms with Gasteiger partial charge in [0.15, 0.2) is 0 Å². The summed E-state index contributed by atoms with van der Waals surface area (Å²) in [6, 6.07) is 11.9. The summed E-state index contributed by atoms with van der Waals surface area (Å²) in [6.45, 7) is 7.63. The summed E-state index contributed by atoms with van der Waals surface area (Å²) < 4.78 is 9.05. The largest absolute Gasteiger partial charge is 0.506 e. The van der Waals surface area contributed by atoms with Gasteiger partial charge < -0.3 is 14.9 Å². The maximum Gasteiger partial charge on any atom is 0.304 e. The van der Waals surface area contributed by atoms with Crippen LogP contribution in [0.3, 0.4) is 0 Å². The Morgan fingerprint density at radius 1 is 1.27 bits per heavy atom. The monoisotopic (exact) mass is 571 g/mol. The van der Waals surface area contributed by atoms with Crippen LogP contribution < -0.4 is 4.74 Å². The van der Waals surface area contributed by atoms with Crippen molar-refractivity contribution in [3.05, 3.63) is 75.9 Å². The quantitative estimate of drug-likeness (QED) is 0.247. The van der Waals surface area contributed by atoms with Gasteiger partial charge in [0.05, 0.1) is 18.2 Å². The van der Waals surface area contributed by atoms with Gasteiger partial charge in [-0.05, 0) is 83.6 Å². The fourth-order valence-electron chi connectivity index (χ4n) is 6.06. The average Bonchev–Trinajstić information content (AvgIpc) is 3.56. The summed E-state index contributed by atoms with van der Waals surface area (Å²) >= 11 is 1.69. The molecule has 5 aromatic rings. The molecular formula is C31H33N5O4S. The van der Waals surface area contributed by atoms with Gasteiger partial charge in [0, 0.05) is 37.0 Å². The first-order valence-electron chi connectivity index (χ1n) is 13.8. The molecule has 10 heteroatoms. The Labute approximate surface area is 242 Å². The highest BCUT2D eigenvalue weighted by Gasteiger charge is 2.30. The van der Waals surface area contributed by atoms with Crippen molar-refractivity contribution < 1.29 is 19.7 Å². The van der Waals surface area contributed by atoms with Gasteiger partial charge in [-0.25, -0.2) is 4.68 Å². The van der Waals surface area contributed by atoms with Crippen LogP contribution >= 0.6 is 11.3 Å². The number of rotatable bonds is 7. The summed E-state index contributed by atoms with van der Waals surface area (Å²) in [7, 11) is 1.73. The predicted octanol–water partition coefficient (Wildman–Crippen LogP) is 5.93. The number of phenolic OH excluding ortho intramolecular Hbond substituents is 1. The Balaban J connectivity index is 1.46. The molecule has 212 valence electrons. The number of nitrogens with zero attached hydrogens (tertiary/aromatic N) is 5. The highest BCUT2D eigenvalue weighted by molar-refractivity contribution is 7.17. The molecule has 0 radical (unpaired) electrons. The minimum Gasteiger partial charge on any atom is -0.506 e. The first kappa shape index (κ1) is 27.2. The van der Waals surface area contributed by atoms with E-state index in [0.717, 1.165) is 52.0 Å². The number of aromatic hydroxyl groups is 1. The van der Waals surface area contributed by atoms with Crippen LogP contribution in [0, 0.1) is 6.92 Å². The summed E-state index contributed by atoms with van der Waals surface area (Å²) in [4.78, 5) is 19.3. The molecule has 6 rings (SSSR count). The molecule has 9 nitrogen and oxygen atoms in total. The summed E-state index contributed by atoms with van der Waals surface area (Å²) in [5.41, 5.74) is 5.61. The molecule has 0 amide bonds. The molecule has 4 heterocycles. The number of hydrogen-bond acceptors (Lipinski definition) is 8. The Bertz CT molecular complexity index is 1760. The van der Waals surface area contributed by atoms with Gasteiger partial charge in [0.2, 0.25) is 0 Å². The lowest BCUT2D eigenvalue weighted by Gasteiger charge is -2.29. The molecule has 3 atom stereocenters. The number of hydrogen-bond donors (Lipinski definition) is 2. The van der Waals surface area contributed by atoms with E-state index in [9.17, 15) is 15.0 Å². The zero-order valence-electron chi connectivity index (χ0n) is 23.5. The van der Waals surface area contributed by atoms with Crippen molar-refractivity contribution in [3.63, 3.8) is 0 Å². The average molecular weight is 572 g/mol. The van der Waals surface area contributed by atoms with Crippen LogP contribution in [0.5, 0.6) is 11.5 Å². The van der Waals surface area contributed by atoms with Gasteiger partial charge in [0.1, 0.15) is 28.6 Å². The lowest BCUT2D eigenvalue weighted by Crippen LogP contribution is -2.34. The van der Waals surface area contributed by atoms with Gasteiger partial charge in [-0.2, -0.15) is 0 Å². The van der Waals surface area contributed by atoms with Crippen LogP contribution in [0.15, 0.2) is 48.0 Å². The number of fused-ring (bicyclic) bond motifs is 3. The van der Waals surface area contributed by atoms with Crippen LogP contribution in [0.1, 0.15) is 66.6 Å². The Morgan fingerprint density at radius 2 is 2.10 bits per heavy atom. The van der Waals surface area contributed by atoms with Gasteiger partial charge in [-0.15, -0.1) is 16.4 Å². The molecular weight excluding hydrogens is 538 g/mol. The van der Waals surface area contributed by atoms with Crippen molar-refractivity contribution in [1.82, 2.24) is 24.9 Å². The van der Waals surface area contributed by atoms with Gasteiger partial charge in [0.25, 0.3) is 0 Å². The van der Waals surface area contributed by atoms with E-state index in [1.165, 1.54) is 9.38 Å². The Hall–Kier alpha value is -4.02. The van der Waals surface area contributed by atoms with E-state index < -0.39 is 11.9 Å². The third kappa shape index (κ3) is 4.91. The second kappa shape index (κ2) is 10.8. The number of aryl methyl sites for hydroxylation is 2. The maximum absolute atomic E-state index is 12.2. The van der Waals surface area contributed by atoms with Crippen molar-refractivity contribution in [2.24, 2.45) is 7.05 Å². The van der Waals surface area contributed by atoms with Crippen LogP contribution in [0.4, 0.5) is 0 Å². The third-order valence-electron chi connectivity index (χ3n) is 8.26. The number of benzene rings is 2. The fraction of sp³-hybridized carbons (Fsp3) is 0.355. The minimum atomic E-state index is -0.910. The zero-order chi connectivity index (χ0) is 28.8. The van der Waals surface area contributed by atoms with E-state index in [4.69, 9.17) is 4.74 Å². The van der Waals surface area contributed by atoms with E-state index >= 15 is 0 Å². The number of pyridine rings is 1. The fourth-order valence-corrected chi connectivity index (χ4v) is 6.95. The van der Waals surface area contributed by atoms with Crippen LogP contribution in [0.25, 0.3) is 21.1 Å². The Kier molecular flexibility index (Phi) is 7.13. The number of aromatic nitrogens is 4. The van der Waals surface area contributed by atoms with E-state index in [0.29, 0.717) is 17.6 Å². The molecule has 1 aliphatic heterocycles. The topological polar surface area (TPSA) is 114 Å². The van der Waals surface area contributed by atoms with Crippen molar-refractivity contribution in [3.8, 4) is 11.5 Å². The molecule has 0 unspecified atom stereocenters. The first-order valence-corrected chi connectivity index (χ1v) is 14.7. The number of thiophene rings is 1. The molecule has 0 fully saturated rings. The van der Waals surface area contributed by atoms with Gasteiger partial charge >= 0.3 is 5.97 Å². The number of phenols is 1. The molecule has 0 saturated heterocycles. The van der Waals surface area contributed by atoms with Gasteiger partial charge in [-0.1, -0.05) is 18.2 Å². The van der Waals surface area contributed by atoms with E-state index in [1.807, 2.05) is 25.3 Å². The number of carbonyl (C=O) groups is 1. The second-order valence-corrected chi connectivity index (χ2v) is 11.7. The van der Waals surface area contributed by atoms with Crippen molar-refractivity contribution >= 4 is 38.4 Å². The molecule has 0 saturated carbocycles. The number of carboxylic acid groups (broad SMARTS) is 1. The van der Waals surface area contributed by atoms with Crippen molar-refractivity contribution in [2.75, 3.05) is 6.54 Å². The first-order chi connectivity index (χ1) is 19.7. The summed E-state index contributed by atoms with van der Waals surface area (Å²) in [6.07, 6.45) is 2.60. The van der Waals surface area contributed by atoms with E-state index in [2.05, 4.69) is 57.6 Å². The number of carboxylic acids is 1. The number of ether oxygens (including phenoxy) is 1. The number of aliphatic carboxylic acids is 1. The highest BCUT2D eigenvalue weighted by atomic mass is 32.1. The SMILES string of the molecule is CC[C@@H]1CN(Cc2cc([C@H](CC(=O)O)c3cc(O)c4c(nnn4C)c3C)cc3ccsc23)[C@@H](C)c2ncccc2O1. The molecule has 0 aliphatic carbocycles. The van der Waals surface area contributed by atoms with E-state index in [1.54, 1.807) is 24.5 Å². The lowest BCUT2D eigenvalue weighted by atomic mass is 9.84.